The lowest BCUT2D eigenvalue weighted by Crippen LogP contribution is -2.05. The quantitative estimate of drug-likeness (QED) is 0.561. The van der Waals surface area contributed by atoms with Gasteiger partial charge in [0.15, 0.2) is 0 Å². The minimum absolute atomic E-state index is 0.143. The number of carbonyl (C=O) groups is 2. The third-order valence-corrected chi connectivity index (χ3v) is 2.39. The Balaban J connectivity index is 3.08. The van der Waals surface area contributed by atoms with Crippen LogP contribution in [0.4, 0.5) is 0 Å². The number of hydrogen-bond donors (Lipinski definition) is 0. The highest BCUT2D eigenvalue weighted by molar-refractivity contribution is 5.91. The lowest BCUT2D eigenvalue weighted by atomic mass is 9.98. The molecule has 3 heteroatoms. The largest absolute Gasteiger partial charge is 0.465 e. The average molecular weight is 206 g/mol. The second kappa shape index (κ2) is 4.73. The number of aryl methyl sites for hydroxylation is 1. The van der Waals surface area contributed by atoms with Crippen LogP contribution in [-0.4, -0.2) is 19.4 Å². The predicted molar refractivity (Wildman–Crippen MR) is 57.0 cm³/mol. The van der Waals surface area contributed by atoms with E-state index in [1.807, 2.05) is 19.9 Å². The van der Waals surface area contributed by atoms with Crippen LogP contribution in [-0.2, 0) is 9.53 Å². The van der Waals surface area contributed by atoms with E-state index in [9.17, 15) is 9.59 Å². The van der Waals surface area contributed by atoms with Crippen LogP contribution in [0.15, 0.2) is 18.2 Å². The first-order chi connectivity index (χ1) is 7.10. The van der Waals surface area contributed by atoms with Gasteiger partial charge in [-0.2, -0.15) is 0 Å². The Morgan fingerprint density at radius 3 is 2.60 bits per heavy atom. The summed E-state index contributed by atoms with van der Waals surface area (Å²) in [5, 5.41) is 0. The van der Waals surface area contributed by atoms with Gasteiger partial charge in [0, 0.05) is 5.92 Å². The predicted octanol–water partition coefficient (Wildman–Crippen LogP) is 2.08. The smallest absolute Gasteiger partial charge is 0.338 e. The maximum Gasteiger partial charge on any atom is 0.338 e. The first kappa shape index (κ1) is 11.4. The number of hydrogen-bond acceptors (Lipinski definition) is 3. The van der Waals surface area contributed by atoms with E-state index in [-0.39, 0.29) is 11.9 Å². The van der Waals surface area contributed by atoms with Gasteiger partial charge in [0.1, 0.15) is 6.29 Å². The number of rotatable bonds is 3. The number of esters is 1. The molecule has 80 valence electrons. The van der Waals surface area contributed by atoms with Crippen molar-refractivity contribution in [3.05, 3.63) is 34.9 Å². The zero-order valence-electron chi connectivity index (χ0n) is 9.11. The van der Waals surface area contributed by atoms with E-state index in [0.29, 0.717) is 5.56 Å². The molecule has 0 heterocycles. The molecule has 0 aliphatic heterocycles. The molecule has 1 rings (SSSR count). The van der Waals surface area contributed by atoms with Gasteiger partial charge in [0.2, 0.25) is 0 Å². The summed E-state index contributed by atoms with van der Waals surface area (Å²) in [5.74, 6) is -0.492. The molecule has 1 aromatic carbocycles. The topological polar surface area (TPSA) is 43.4 Å². The van der Waals surface area contributed by atoms with Gasteiger partial charge < -0.3 is 9.53 Å². The zero-order chi connectivity index (χ0) is 11.4. The van der Waals surface area contributed by atoms with Crippen molar-refractivity contribution in [2.45, 2.75) is 19.8 Å². The molecule has 15 heavy (non-hydrogen) atoms. The molecule has 0 N–H and O–H groups in total. The van der Waals surface area contributed by atoms with Crippen LogP contribution in [0.5, 0.6) is 0 Å². The Bertz CT molecular complexity index is 382. The molecule has 1 atom stereocenters. The lowest BCUT2D eigenvalue weighted by Gasteiger charge is -2.08. The Hall–Kier alpha value is -1.64. The number of carbonyl (C=O) groups excluding carboxylic acids is 2. The van der Waals surface area contributed by atoms with Crippen LogP contribution in [0.1, 0.15) is 34.3 Å². The van der Waals surface area contributed by atoms with Crippen molar-refractivity contribution in [3.8, 4) is 0 Å². The van der Waals surface area contributed by atoms with E-state index in [1.54, 1.807) is 12.1 Å². The van der Waals surface area contributed by atoms with E-state index in [0.717, 1.165) is 17.4 Å². The standard InChI is InChI=1S/C12H14O3/c1-8-6-10(9(2)7-13)4-5-11(8)12(14)15-3/h4-7,9H,1-3H3. The van der Waals surface area contributed by atoms with Gasteiger partial charge in [-0.05, 0) is 24.1 Å². The molecule has 0 spiro atoms. The van der Waals surface area contributed by atoms with E-state index in [2.05, 4.69) is 4.74 Å². The van der Waals surface area contributed by atoms with Crippen molar-refractivity contribution in [1.82, 2.24) is 0 Å². The van der Waals surface area contributed by atoms with Crippen LogP contribution in [0, 0.1) is 6.92 Å². The highest BCUT2D eigenvalue weighted by Crippen LogP contribution is 2.18. The van der Waals surface area contributed by atoms with Gasteiger partial charge in [0.25, 0.3) is 0 Å². The summed E-state index contributed by atoms with van der Waals surface area (Å²) in [5.41, 5.74) is 2.28. The molecule has 0 saturated heterocycles. The summed E-state index contributed by atoms with van der Waals surface area (Å²) < 4.78 is 4.64. The minimum Gasteiger partial charge on any atom is -0.465 e. The summed E-state index contributed by atoms with van der Waals surface area (Å²) >= 11 is 0. The first-order valence-corrected chi connectivity index (χ1v) is 4.74. The number of benzene rings is 1. The lowest BCUT2D eigenvalue weighted by molar-refractivity contribution is -0.108. The van der Waals surface area contributed by atoms with Gasteiger partial charge in [-0.1, -0.05) is 19.1 Å². The zero-order valence-corrected chi connectivity index (χ0v) is 9.11. The molecule has 3 nitrogen and oxygen atoms in total. The summed E-state index contributed by atoms with van der Waals surface area (Å²) in [6.45, 7) is 3.65. The second-order valence-electron chi connectivity index (χ2n) is 3.49. The number of methoxy groups -OCH3 is 1. The van der Waals surface area contributed by atoms with Crippen LogP contribution in [0.2, 0.25) is 0 Å². The monoisotopic (exact) mass is 206 g/mol. The van der Waals surface area contributed by atoms with Gasteiger partial charge in [0.05, 0.1) is 12.7 Å². The molecule has 0 fully saturated rings. The summed E-state index contributed by atoms with van der Waals surface area (Å²) in [6.07, 6.45) is 0.882. The minimum atomic E-state index is -0.349. The van der Waals surface area contributed by atoms with Gasteiger partial charge in [-0.15, -0.1) is 0 Å². The third kappa shape index (κ3) is 2.43. The molecule has 1 aromatic rings. The summed E-state index contributed by atoms with van der Waals surface area (Å²) in [4.78, 5) is 21.9. The summed E-state index contributed by atoms with van der Waals surface area (Å²) in [7, 11) is 1.35. The van der Waals surface area contributed by atoms with Crippen LogP contribution < -0.4 is 0 Å². The molecule has 0 radical (unpaired) electrons. The third-order valence-electron chi connectivity index (χ3n) is 2.39. The van der Waals surface area contributed by atoms with Crippen molar-refractivity contribution in [2.24, 2.45) is 0 Å². The van der Waals surface area contributed by atoms with Gasteiger partial charge >= 0.3 is 5.97 Å². The van der Waals surface area contributed by atoms with E-state index in [1.165, 1.54) is 7.11 Å². The maximum atomic E-state index is 11.3. The van der Waals surface area contributed by atoms with Crippen molar-refractivity contribution >= 4 is 12.3 Å². The Kier molecular flexibility index (Phi) is 3.61. The molecule has 1 unspecified atom stereocenters. The molecule has 0 aliphatic carbocycles. The van der Waals surface area contributed by atoms with Crippen molar-refractivity contribution in [1.29, 1.82) is 0 Å². The maximum absolute atomic E-state index is 11.3. The van der Waals surface area contributed by atoms with Gasteiger partial charge in [-0.3, -0.25) is 0 Å². The fourth-order valence-corrected chi connectivity index (χ4v) is 1.39. The Morgan fingerprint density at radius 2 is 2.13 bits per heavy atom. The van der Waals surface area contributed by atoms with E-state index in [4.69, 9.17) is 0 Å². The number of ether oxygens (including phenoxy) is 1. The molecular weight excluding hydrogens is 192 g/mol. The van der Waals surface area contributed by atoms with E-state index >= 15 is 0 Å². The SMILES string of the molecule is COC(=O)c1ccc(C(C)C=O)cc1C. The molecule has 0 amide bonds. The fraction of sp³-hybridized carbons (Fsp3) is 0.333. The van der Waals surface area contributed by atoms with Crippen LogP contribution in [0.25, 0.3) is 0 Å². The molecule has 0 aromatic heterocycles. The van der Waals surface area contributed by atoms with Crippen LogP contribution >= 0.6 is 0 Å². The average Bonchev–Trinajstić information content (AvgIpc) is 2.26. The van der Waals surface area contributed by atoms with Gasteiger partial charge in [-0.25, -0.2) is 4.79 Å². The normalized spacial score (nSPS) is 11.9. The Labute approximate surface area is 89.1 Å². The summed E-state index contributed by atoms with van der Waals surface area (Å²) in [6, 6.07) is 5.31. The van der Waals surface area contributed by atoms with Crippen molar-refractivity contribution in [3.63, 3.8) is 0 Å². The van der Waals surface area contributed by atoms with Crippen molar-refractivity contribution < 1.29 is 14.3 Å². The molecule has 0 saturated carbocycles. The molecular formula is C12H14O3. The highest BCUT2D eigenvalue weighted by atomic mass is 16.5. The molecule has 0 bridgehead atoms. The number of aldehydes is 1. The Morgan fingerprint density at radius 1 is 1.47 bits per heavy atom. The molecule has 0 aliphatic rings. The highest BCUT2D eigenvalue weighted by Gasteiger charge is 2.11. The van der Waals surface area contributed by atoms with Crippen LogP contribution in [0.3, 0.4) is 0 Å². The van der Waals surface area contributed by atoms with E-state index < -0.39 is 0 Å². The second-order valence-corrected chi connectivity index (χ2v) is 3.49. The first-order valence-electron chi connectivity index (χ1n) is 4.74. The van der Waals surface area contributed by atoms with Crippen molar-refractivity contribution in [2.75, 3.05) is 7.11 Å². The fourth-order valence-electron chi connectivity index (χ4n) is 1.39.